The second kappa shape index (κ2) is 3.81. The van der Waals surface area contributed by atoms with Gasteiger partial charge >= 0.3 is 0 Å². The van der Waals surface area contributed by atoms with Crippen LogP contribution in [-0.4, -0.2) is 0 Å². The van der Waals surface area contributed by atoms with Gasteiger partial charge in [0.1, 0.15) is 0 Å². The van der Waals surface area contributed by atoms with Crippen molar-refractivity contribution in [2.75, 3.05) is 0 Å². The summed E-state index contributed by atoms with van der Waals surface area (Å²) >= 11 is 0. The Bertz CT molecular complexity index is 137. The summed E-state index contributed by atoms with van der Waals surface area (Å²) in [6.07, 6.45) is 2.94. The summed E-state index contributed by atoms with van der Waals surface area (Å²) in [5.41, 5.74) is 0. The van der Waals surface area contributed by atoms with Crippen LogP contribution in [0.1, 0.15) is 47.5 Å². The first kappa shape index (κ1) is 10.1. The molecule has 1 saturated carbocycles. The third kappa shape index (κ3) is 1.84. The van der Waals surface area contributed by atoms with Crippen molar-refractivity contribution in [3.8, 4) is 0 Å². The van der Waals surface area contributed by atoms with Gasteiger partial charge in [-0.1, -0.05) is 41.0 Å². The Hall–Kier alpha value is 0. The zero-order valence-electron chi connectivity index (χ0n) is 9.30. The van der Waals surface area contributed by atoms with Gasteiger partial charge in [0.05, 0.1) is 0 Å². The highest BCUT2D eigenvalue weighted by Crippen LogP contribution is 2.42. The molecule has 12 heavy (non-hydrogen) atoms. The molecule has 72 valence electrons. The van der Waals surface area contributed by atoms with E-state index >= 15 is 0 Å². The van der Waals surface area contributed by atoms with Crippen molar-refractivity contribution in [1.29, 1.82) is 0 Å². The largest absolute Gasteiger partial charge is 0.0625 e. The van der Waals surface area contributed by atoms with Crippen LogP contribution in [-0.2, 0) is 0 Å². The summed E-state index contributed by atoms with van der Waals surface area (Å²) in [6, 6.07) is 0. The second-order valence-corrected chi connectivity index (χ2v) is 5.18. The van der Waals surface area contributed by atoms with Gasteiger partial charge in [0.2, 0.25) is 0 Å². The van der Waals surface area contributed by atoms with E-state index in [0.717, 1.165) is 29.6 Å². The first-order chi connectivity index (χ1) is 5.54. The standard InChI is InChI=1S/C12H24/c1-8(2)10(4)12-7-6-9(3)11(12)5/h8-12H,6-7H2,1-5H3. The highest BCUT2D eigenvalue weighted by Gasteiger charge is 2.34. The maximum Gasteiger partial charge on any atom is -0.0358 e. The van der Waals surface area contributed by atoms with Crippen molar-refractivity contribution in [3.63, 3.8) is 0 Å². The van der Waals surface area contributed by atoms with Crippen molar-refractivity contribution in [2.24, 2.45) is 29.6 Å². The van der Waals surface area contributed by atoms with Crippen molar-refractivity contribution < 1.29 is 0 Å². The Labute approximate surface area is 77.7 Å². The average Bonchev–Trinajstić information content (AvgIpc) is 2.32. The fourth-order valence-corrected chi connectivity index (χ4v) is 2.64. The van der Waals surface area contributed by atoms with Gasteiger partial charge in [0, 0.05) is 0 Å². The van der Waals surface area contributed by atoms with E-state index in [0.29, 0.717) is 0 Å². The normalized spacial score (nSPS) is 39.0. The molecule has 4 unspecified atom stereocenters. The van der Waals surface area contributed by atoms with Crippen molar-refractivity contribution in [2.45, 2.75) is 47.5 Å². The summed E-state index contributed by atoms with van der Waals surface area (Å²) < 4.78 is 0. The molecule has 1 fully saturated rings. The predicted molar refractivity (Wildman–Crippen MR) is 55.1 cm³/mol. The van der Waals surface area contributed by atoms with Crippen LogP contribution in [0.3, 0.4) is 0 Å². The molecule has 0 aromatic carbocycles. The third-order valence-corrected chi connectivity index (χ3v) is 4.26. The van der Waals surface area contributed by atoms with Crippen LogP contribution in [0.5, 0.6) is 0 Å². The van der Waals surface area contributed by atoms with E-state index < -0.39 is 0 Å². The number of hydrogen-bond acceptors (Lipinski definition) is 0. The zero-order valence-corrected chi connectivity index (χ0v) is 9.30. The molecule has 0 aliphatic heterocycles. The molecular weight excluding hydrogens is 144 g/mol. The van der Waals surface area contributed by atoms with Gasteiger partial charge in [-0.15, -0.1) is 0 Å². The van der Waals surface area contributed by atoms with Crippen molar-refractivity contribution in [1.82, 2.24) is 0 Å². The minimum absolute atomic E-state index is 0.864. The Morgan fingerprint density at radius 1 is 1.00 bits per heavy atom. The van der Waals surface area contributed by atoms with Gasteiger partial charge in [0.15, 0.2) is 0 Å². The maximum atomic E-state index is 2.45. The van der Waals surface area contributed by atoms with Gasteiger partial charge in [0.25, 0.3) is 0 Å². The number of rotatable bonds is 2. The molecule has 0 heterocycles. The minimum Gasteiger partial charge on any atom is -0.0625 e. The fraction of sp³-hybridized carbons (Fsp3) is 1.00. The molecular formula is C12H24. The Balaban J connectivity index is 2.53. The molecule has 0 amide bonds. The summed E-state index contributed by atoms with van der Waals surface area (Å²) in [5.74, 6) is 4.71. The first-order valence-electron chi connectivity index (χ1n) is 5.54. The van der Waals surface area contributed by atoms with Gasteiger partial charge in [-0.25, -0.2) is 0 Å². The molecule has 4 atom stereocenters. The van der Waals surface area contributed by atoms with E-state index in [2.05, 4.69) is 34.6 Å². The van der Waals surface area contributed by atoms with Crippen LogP contribution in [0.25, 0.3) is 0 Å². The van der Waals surface area contributed by atoms with E-state index in [4.69, 9.17) is 0 Å². The predicted octanol–water partition coefficient (Wildman–Crippen LogP) is 3.96. The van der Waals surface area contributed by atoms with Gasteiger partial charge in [-0.2, -0.15) is 0 Å². The molecule has 0 spiro atoms. The fourth-order valence-electron chi connectivity index (χ4n) is 2.64. The maximum absolute atomic E-state index is 2.45. The first-order valence-corrected chi connectivity index (χ1v) is 5.54. The topological polar surface area (TPSA) is 0 Å². The minimum atomic E-state index is 0.864. The van der Waals surface area contributed by atoms with Crippen molar-refractivity contribution in [3.05, 3.63) is 0 Å². The number of hydrogen-bond donors (Lipinski definition) is 0. The summed E-state index contributed by atoms with van der Waals surface area (Å²) in [4.78, 5) is 0. The Morgan fingerprint density at radius 3 is 1.92 bits per heavy atom. The average molecular weight is 168 g/mol. The highest BCUT2D eigenvalue weighted by atomic mass is 14.4. The van der Waals surface area contributed by atoms with Crippen LogP contribution in [0.2, 0.25) is 0 Å². The van der Waals surface area contributed by atoms with E-state index in [1.807, 2.05) is 0 Å². The van der Waals surface area contributed by atoms with E-state index in [-0.39, 0.29) is 0 Å². The smallest absolute Gasteiger partial charge is 0.0358 e. The summed E-state index contributed by atoms with van der Waals surface area (Å²) in [5, 5.41) is 0. The monoisotopic (exact) mass is 168 g/mol. The Kier molecular flexibility index (Phi) is 3.20. The van der Waals surface area contributed by atoms with E-state index in [1.54, 1.807) is 0 Å². The summed E-state index contributed by atoms with van der Waals surface area (Å²) in [7, 11) is 0. The van der Waals surface area contributed by atoms with Crippen LogP contribution < -0.4 is 0 Å². The lowest BCUT2D eigenvalue weighted by Crippen LogP contribution is -2.20. The molecule has 0 saturated heterocycles. The van der Waals surface area contributed by atoms with Crippen LogP contribution in [0, 0.1) is 29.6 Å². The molecule has 0 bridgehead atoms. The molecule has 0 radical (unpaired) electrons. The molecule has 1 rings (SSSR count). The van der Waals surface area contributed by atoms with Crippen molar-refractivity contribution >= 4 is 0 Å². The lowest BCUT2D eigenvalue weighted by molar-refractivity contribution is 0.215. The molecule has 1 aliphatic rings. The Morgan fingerprint density at radius 2 is 1.58 bits per heavy atom. The second-order valence-electron chi connectivity index (χ2n) is 5.18. The molecule has 0 aromatic heterocycles. The van der Waals surface area contributed by atoms with Crippen LogP contribution in [0.4, 0.5) is 0 Å². The molecule has 0 N–H and O–H groups in total. The SMILES string of the molecule is CC(C)C(C)C1CCC(C)C1C. The molecule has 0 nitrogen and oxygen atoms in total. The van der Waals surface area contributed by atoms with Gasteiger partial charge in [-0.05, 0) is 36.0 Å². The quantitative estimate of drug-likeness (QED) is 0.585. The molecule has 0 heteroatoms. The van der Waals surface area contributed by atoms with Gasteiger partial charge < -0.3 is 0 Å². The van der Waals surface area contributed by atoms with E-state index in [1.165, 1.54) is 12.8 Å². The lowest BCUT2D eigenvalue weighted by Gasteiger charge is -2.27. The zero-order chi connectivity index (χ0) is 9.30. The highest BCUT2D eigenvalue weighted by molar-refractivity contribution is 4.83. The van der Waals surface area contributed by atoms with E-state index in [9.17, 15) is 0 Å². The van der Waals surface area contributed by atoms with Gasteiger partial charge in [-0.3, -0.25) is 0 Å². The lowest BCUT2D eigenvalue weighted by atomic mass is 9.78. The molecule has 0 aromatic rings. The third-order valence-electron chi connectivity index (χ3n) is 4.26. The summed E-state index contributed by atoms with van der Waals surface area (Å²) in [6.45, 7) is 12.0. The molecule has 1 aliphatic carbocycles. The van der Waals surface area contributed by atoms with Crippen LogP contribution in [0.15, 0.2) is 0 Å². The van der Waals surface area contributed by atoms with Crippen LogP contribution >= 0.6 is 0 Å².